The molecule has 28 heavy (non-hydrogen) atoms. The SMILES string of the molecule is O=C(Cc1scc(-c2ccc(Cl)c(F)c2)c1C(=O)O)c1ccc2snnc2c1. The molecule has 0 amide bonds. The van der Waals surface area contributed by atoms with Crippen molar-refractivity contribution in [1.29, 1.82) is 0 Å². The maximum atomic E-state index is 13.8. The first-order chi connectivity index (χ1) is 13.4. The Morgan fingerprint density at radius 2 is 2.00 bits per heavy atom. The van der Waals surface area contributed by atoms with Crippen molar-refractivity contribution in [1.82, 2.24) is 9.59 Å². The van der Waals surface area contributed by atoms with E-state index in [1.807, 2.05) is 0 Å². The van der Waals surface area contributed by atoms with Crippen LogP contribution in [0, 0.1) is 5.82 Å². The van der Waals surface area contributed by atoms with Crippen LogP contribution in [0.15, 0.2) is 41.8 Å². The third kappa shape index (κ3) is 3.42. The summed E-state index contributed by atoms with van der Waals surface area (Å²) in [6, 6.07) is 9.19. The molecule has 2 heterocycles. The number of nitrogens with zero attached hydrogens (tertiary/aromatic N) is 2. The Labute approximate surface area is 171 Å². The third-order valence-corrected chi connectivity index (χ3v) is 6.20. The quantitative estimate of drug-likeness (QED) is 0.431. The first kappa shape index (κ1) is 18.7. The van der Waals surface area contributed by atoms with Crippen molar-refractivity contribution in [3.63, 3.8) is 0 Å². The summed E-state index contributed by atoms with van der Waals surface area (Å²) in [5.41, 5.74) is 1.80. The fourth-order valence-corrected chi connectivity index (χ4v) is 4.54. The number of hydrogen-bond acceptors (Lipinski definition) is 6. The van der Waals surface area contributed by atoms with Crippen molar-refractivity contribution in [2.45, 2.75) is 6.42 Å². The number of Topliss-reactive ketones (excluding diaryl/α,β-unsaturated/α-hetero) is 1. The normalized spacial score (nSPS) is 11.1. The Bertz CT molecular complexity index is 1240. The van der Waals surface area contributed by atoms with E-state index in [4.69, 9.17) is 11.6 Å². The van der Waals surface area contributed by atoms with Crippen LogP contribution in [0.2, 0.25) is 5.02 Å². The maximum Gasteiger partial charge on any atom is 0.337 e. The number of ketones is 1. The van der Waals surface area contributed by atoms with Gasteiger partial charge in [0, 0.05) is 22.4 Å². The summed E-state index contributed by atoms with van der Waals surface area (Å²) in [6.07, 6.45) is -0.0779. The molecule has 0 fully saturated rings. The molecule has 4 aromatic rings. The highest BCUT2D eigenvalue weighted by atomic mass is 35.5. The molecule has 0 spiro atoms. The summed E-state index contributed by atoms with van der Waals surface area (Å²) >= 11 is 8.09. The van der Waals surface area contributed by atoms with Gasteiger partial charge >= 0.3 is 5.97 Å². The van der Waals surface area contributed by atoms with Gasteiger partial charge in [0.2, 0.25) is 0 Å². The highest BCUT2D eigenvalue weighted by Gasteiger charge is 2.22. The monoisotopic (exact) mass is 432 g/mol. The zero-order chi connectivity index (χ0) is 19.8. The van der Waals surface area contributed by atoms with E-state index in [0.29, 0.717) is 27.1 Å². The summed E-state index contributed by atoms with van der Waals surface area (Å²) in [7, 11) is 0. The average molecular weight is 433 g/mol. The molecule has 140 valence electrons. The van der Waals surface area contributed by atoms with Gasteiger partial charge in [0.15, 0.2) is 5.78 Å². The van der Waals surface area contributed by atoms with Gasteiger partial charge in [-0.15, -0.1) is 16.4 Å². The van der Waals surface area contributed by atoms with E-state index in [2.05, 4.69) is 9.59 Å². The smallest absolute Gasteiger partial charge is 0.337 e. The van der Waals surface area contributed by atoms with Gasteiger partial charge in [-0.3, -0.25) is 4.79 Å². The fraction of sp³-hybridized carbons (Fsp3) is 0.0526. The molecular weight excluding hydrogens is 423 g/mol. The van der Waals surface area contributed by atoms with Gasteiger partial charge in [-0.25, -0.2) is 9.18 Å². The molecule has 9 heteroatoms. The number of carbonyl (C=O) groups excluding carboxylic acids is 1. The van der Waals surface area contributed by atoms with E-state index < -0.39 is 11.8 Å². The highest BCUT2D eigenvalue weighted by Crippen LogP contribution is 2.34. The topological polar surface area (TPSA) is 80.2 Å². The van der Waals surface area contributed by atoms with Crippen LogP contribution in [0.3, 0.4) is 0 Å². The van der Waals surface area contributed by atoms with Gasteiger partial charge in [0.1, 0.15) is 11.3 Å². The number of thiophene rings is 1. The first-order valence-electron chi connectivity index (χ1n) is 7.98. The van der Waals surface area contributed by atoms with Gasteiger partial charge < -0.3 is 5.11 Å². The second-order valence-corrected chi connectivity index (χ2v) is 8.09. The molecule has 2 aromatic carbocycles. The highest BCUT2D eigenvalue weighted by molar-refractivity contribution is 7.13. The lowest BCUT2D eigenvalue weighted by Gasteiger charge is -2.05. The molecule has 0 unspecified atom stereocenters. The number of benzene rings is 2. The molecule has 0 saturated carbocycles. The number of halogens is 2. The Balaban J connectivity index is 1.69. The number of aromatic carboxylic acids is 1. The minimum absolute atomic E-state index is 0.00326. The van der Waals surface area contributed by atoms with Crippen molar-refractivity contribution < 1.29 is 19.1 Å². The zero-order valence-corrected chi connectivity index (χ0v) is 16.4. The zero-order valence-electron chi connectivity index (χ0n) is 14.0. The Hall–Kier alpha value is -2.68. The first-order valence-corrected chi connectivity index (χ1v) is 10.0. The lowest BCUT2D eigenvalue weighted by molar-refractivity contribution is 0.0697. The molecule has 4 rings (SSSR count). The Morgan fingerprint density at radius 3 is 2.75 bits per heavy atom. The van der Waals surface area contributed by atoms with Gasteiger partial charge in [-0.05, 0) is 52.8 Å². The van der Waals surface area contributed by atoms with Crippen LogP contribution in [-0.4, -0.2) is 26.4 Å². The molecule has 0 saturated heterocycles. The number of fused-ring (bicyclic) bond motifs is 1. The molecule has 0 bridgehead atoms. The van der Waals surface area contributed by atoms with Crippen LogP contribution < -0.4 is 0 Å². The summed E-state index contributed by atoms with van der Waals surface area (Å²) < 4.78 is 18.5. The van der Waals surface area contributed by atoms with E-state index >= 15 is 0 Å². The van der Waals surface area contributed by atoms with Crippen LogP contribution >= 0.6 is 34.5 Å². The van der Waals surface area contributed by atoms with Crippen molar-refractivity contribution in [3.05, 3.63) is 68.6 Å². The molecule has 1 N–H and O–H groups in total. The fourth-order valence-electron chi connectivity index (χ4n) is 2.84. The third-order valence-electron chi connectivity index (χ3n) is 4.20. The summed E-state index contributed by atoms with van der Waals surface area (Å²) in [5.74, 6) is -2.04. The molecule has 0 aliphatic heterocycles. The van der Waals surface area contributed by atoms with Crippen LogP contribution in [-0.2, 0) is 6.42 Å². The van der Waals surface area contributed by atoms with Crippen molar-refractivity contribution in [2.75, 3.05) is 0 Å². The second kappa shape index (κ2) is 7.38. The minimum Gasteiger partial charge on any atom is -0.478 e. The van der Waals surface area contributed by atoms with Gasteiger partial charge in [0.25, 0.3) is 0 Å². The summed E-state index contributed by atoms with van der Waals surface area (Å²) in [6.45, 7) is 0. The van der Waals surface area contributed by atoms with Crippen LogP contribution in [0.4, 0.5) is 4.39 Å². The molecule has 2 aromatic heterocycles. The molecule has 0 atom stereocenters. The second-order valence-electron chi connectivity index (χ2n) is 5.94. The average Bonchev–Trinajstić information content (AvgIpc) is 3.30. The number of carboxylic acid groups (broad SMARTS) is 1. The van der Waals surface area contributed by atoms with E-state index in [1.54, 1.807) is 29.6 Å². The number of carbonyl (C=O) groups is 2. The van der Waals surface area contributed by atoms with Crippen LogP contribution in [0.5, 0.6) is 0 Å². The number of rotatable bonds is 5. The lowest BCUT2D eigenvalue weighted by Crippen LogP contribution is -2.07. The Morgan fingerprint density at radius 1 is 1.18 bits per heavy atom. The van der Waals surface area contributed by atoms with Crippen molar-refractivity contribution in [2.24, 2.45) is 0 Å². The number of aromatic nitrogens is 2. The standard InChI is InChI=1S/C19H10ClFN2O3S2/c20-12-3-1-9(5-13(12)21)11-8-27-17(18(11)19(25)26)7-15(24)10-2-4-16-14(6-10)22-23-28-16/h1-6,8H,7H2,(H,25,26). The summed E-state index contributed by atoms with van der Waals surface area (Å²) in [5, 5.41) is 15.2. The van der Waals surface area contributed by atoms with Gasteiger partial charge in [-0.1, -0.05) is 22.2 Å². The minimum atomic E-state index is -1.17. The Kier molecular flexibility index (Phi) is 4.92. The van der Waals surface area contributed by atoms with Crippen molar-refractivity contribution in [3.8, 4) is 11.1 Å². The van der Waals surface area contributed by atoms with E-state index in [9.17, 15) is 19.1 Å². The molecular formula is C19H10ClFN2O3S2. The van der Waals surface area contributed by atoms with E-state index in [1.165, 1.54) is 23.7 Å². The van der Waals surface area contributed by atoms with Crippen molar-refractivity contribution >= 4 is 56.4 Å². The van der Waals surface area contributed by atoms with Crippen LogP contribution in [0.25, 0.3) is 21.3 Å². The summed E-state index contributed by atoms with van der Waals surface area (Å²) in [4.78, 5) is 24.9. The van der Waals surface area contributed by atoms with E-state index in [-0.39, 0.29) is 22.8 Å². The molecule has 0 aliphatic carbocycles. The molecule has 5 nitrogen and oxygen atoms in total. The predicted octanol–water partition coefficient (Wildman–Crippen LogP) is 5.34. The van der Waals surface area contributed by atoms with Gasteiger partial charge in [0.05, 0.1) is 15.3 Å². The van der Waals surface area contributed by atoms with E-state index in [0.717, 1.165) is 16.0 Å². The molecule has 0 aliphatic rings. The maximum absolute atomic E-state index is 13.8. The molecule has 0 radical (unpaired) electrons. The number of hydrogen-bond donors (Lipinski definition) is 1. The number of carboxylic acids is 1. The van der Waals surface area contributed by atoms with Crippen LogP contribution in [0.1, 0.15) is 25.6 Å². The lowest BCUT2D eigenvalue weighted by atomic mass is 9.99. The largest absolute Gasteiger partial charge is 0.478 e. The van der Waals surface area contributed by atoms with Gasteiger partial charge in [-0.2, -0.15) is 0 Å². The predicted molar refractivity (Wildman–Crippen MR) is 107 cm³/mol.